The van der Waals surface area contributed by atoms with Crippen LogP contribution >= 0.6 is 0 Å². The second-order valence-corrected chi connectivity index (χ2v) is 11.7. The van der Waals surface area contributed by atoms with Crippen molar-refractivity contribution in [2.75, 3.05) is 26.7 Å². The van der Waals surface area contributed by atoms with Gasteiger partial charge >= 0.3 is 11.9 Å². The molecule has 0 radical (unpaired) electrons. The first-order valence-electron chi connectivity index (χ1n) is 15.1. The maximum atomic E-state index is 13.2. The van der Waals surface area contributed by atoms with Gasteiger partial charge in [0.15, 0.2) is 0 Å². The maximum Gasteiger partial charge on any atom is 0.312 e. The van der Waals surface area contributed by atoms with Crippen LogP contribution in [-0.4, -0.2) is 49.7 Å². The summed E-state index contributed by atoms with van der Waals surface area (Å²) in [7, 11) is 2.11. The Hall–Kier alpha value is -1.36. The Labute approximate surface area is 221 Å². The standard InChI is InChI=1S/C31H55NO4/c1-5-7-9-10-11-12-13-14-16-24-35-29(33)25-26-18-19-28(27(26)17-15-8-6-2)36-30(34)31(3)20-22-32(4)23-21-31/h8,15,26-28H,5-7,9-14,16-25H2,1-4H3/b15-8-. The van der Waals surface area contributed by atoms with E-state index in [4.69, 9.17) is 9.47 Å². The number of ether oxygens (including phenoxy) is 2. The van der Waals surface area contributed by atoms with E-state index in [1.54, 1.807) is 0 Å². The van der Waals surface area contributed by atoms with Crippen LogP contribution in [0.25, 0.3) is 0 Å². The van der Waals surface area contributed by atoms with E-state index in [2.05, 4.69) is 44.9 Å². The Morgan fingerprint density at radius 2 is 1.56 bits per heavy atom. The molecular weight excluding hydrogens is 450 g/mol. The molecule has 1 saturated carbocycles. The van der Waals surface area contributed by atoms with E-state index in [1.807, 2.05) is 0 Å². The largest absolute Gasteiger partial charge is 0.466 e. The molecule has 0 N–H and O–H groups in total. The number of likely N-dealkylation sites (tertiary alicyclic amines) is 1. The highest BCUT2D eigenvalue weighted by Gasteiger charge is 2.43. The van der Waals surface area contributed by atoms with Crippen molar-refractivity contribution in [1.82, 2.24) is 4.90 Å². The fraction of sp³-hybridized carbons (Fsp3) is 0.871. The van der Waals surface area contributed by atoms with Gasteiger partial charge in [-0.05, 0) is 77.9 Å². The van der Waals surface area contributed by atoms with E-state index < -0.39 is 0 Å². The van der Waals surface area contributed by atoms with Gasteiger partial charge in [-0.15, -0.1) is 0 Å². The minimum atomic E-state index is -0.386. The minimum Gasteiger partial charge on any atom is -0.466 e. The Kier molecular flexibility index (Phi) is 14.7. The number of unbranched alkanes of at least 4 members (excludes halogenated alkanes) is 8. The first kappa shape index (κ1) is 30.9. The number of rotatable bonds is 17. The lowest BCUT2D eigenvalue weighted by atomic mass is 9.80. The van der Waals surface area contributed by atoms with Crippen LogP contribution in [0.3, 0.4) is 0 Å². The van der Waals surface area contributed by atoms with Gasteiger partial charge in [0, 0.05) is 12.3 Å². The molecule has 2 aliphatic rings. The van der Waals surface area contributed by atoms with Crippen molar-refractivity contribution in [3.8, 4) is 0 Å². The van der Waals surface area contributed by atoms with Crippen molar-refractivity contribution in [2.45, 2.75) is 130 Å². The number of carbonyl (C=O) groups excluding carboxylic acids is 2. The van der Waals surface area contributed by atoms with Gasteiger partial charge in [0.05, 0.1) is 12.0 Å². The summed E-state index contributed by atoms with van der Waals surface area (Å²) in [6.45, 7) is 8.85. The zero-order valence-electron chi connectivity index (χ0n) is 23.9. The molecule has 3 atom stereocenters. The molecule has 5 heteroatoms. The predicted molar refractivity (Wildman–Crippen MR) is 148 cm³/mol. The molecular formula is C31H55NO4. The molecule has 36 heavy (non-hydrogen) atoms. The van der Waals surface area contributed by atoms with Gasteiger partial charge in [-0.1, -0.05) is 77.4 Å². The molecule has 2 fully saturated rings. The second-order valence-electron chi connectivity index (χ2n) is 11.7. The topological polar surface area (TPSA) is 55.8 Å². The monoisotopic (exact) mass is 505 g/mol. The summed E-state index contributed by atoms with van der Waals surface area (Å²) in [5.74, 6) is 0.300. The third kappa shape index (κ3) is 10.9. The van der Waals surface area contributed by atoms with Gasteiger partial charge in [-0.3, -0.25) is 9.59 Å². The van der Waals surface area contributed by atoms with E-state index in [1.165, 1.54) is 44.9 Å². The van der Waals surface area contributed by atoms with Gasteiger partial charge in [-0.25, -0.2) is 0 Å². The SMILES string of the molecule is CC/C=C\CC1C(CC(=O)OCCCCCCCCCCC)CCC1OC(=O)C1(C)CCN(C)CC1. The Balaban J connectivity index is 1.74. The quantitative estimate of drug-likeness (QED) is 0.116. The molecule has 1 heterocycles. The number of carbonyl (C=O) groups is 2. The first-order chi connectivity index (χ1) is 17.4. The molecule has 0 aromatic rings. The van der Waals surface area contributed by atoms with Gasteiger partial charge in [-0.2, -0.15) is 0 Å². The average molecular weight is 506 g/mol. The normalized spacial score (nSPS) is 24.3. The summed E-state index contributed by atoms with van der Waals surface area (Å²) in [5, 5.41) is 0. The lowest BCUT2D eigenvalue weighted by molar-refractivity contribution is -0.165. The fourth-order valence-electron chi connectivity index (χ4n) is 5.74. The van der Waals surface area contributed by atoms with E-state index in [-0.39, 0.29) is 35.3 Å². The number of nitrogens with zero attached hydrogens (tertiary/aromatic N) is 1. The highest BCUT2D eigenvalue weighted by molar-refractivity contribution is 5.76. The van der Waals surface area contributed by atoms with Gasteiger partial charge in [0.2, 0.25) is 0 Å². The van der Waals surface area contributed by atoms with Crippen LogP contribution in [-0.2, 0) is 19.1 Å². The van der Waals surface area contributed by atoms with E-state index >= 15 is 0 Å². The van der Waals surface area contributed by atoms with Crippen molar-refractivity contribution < 1.29 is 19.1 Å². The smallest absolute Gasteiger partial charge is 0.312 e. The third-order valence-corrected chi connectivity index (χ3v) is 8.50. The summed E-state index contributed by atoms with van der Waals surface area (Å²) in [6, 6.07) is 0. The molecule has 3 unspecified atom stereocenters. The molecule has 5 nitrogen and oxygen atoms in total. The van der Waals surface area contributed by atoms with Crippen molar-refractivity contribution in [3.63, 3.8) is 0 Å². The Morgan fingerprint density at radius 3 is 2.19 bits per heavy atom. The lowest BCUT2D eigenvalue weighted by Gasteiger charge is -2.37. The van der Waals surface area contributed by atoms with Crippen LogP contribution in [0, 0.1) is 17.3 Å². The zero-order valence-corrected chi connectivity index (χ0v) is 23.9. The summed E-state index contributed by atoms with van der Waals surface area (Å²) in [6.07, 6.45) is 21.4. The second kappa shape index (κ2) is 17.2. The van der Waals surface area contributed by atoms with Gasteiger partial charge in [0.25, 0.3) is 0 Å². The number of piperidine rings is 1. The minimum absolute atomic E-state index is 0.0429. The van der Waals surface area contributed by atoms with Crippen LogP contribution in [0.5, 0.6) is 0 Å². The van der Waals surface area contributed by atoms with Crippen LogP contribution in [0.1, 0.15) is 124 Å². The summed E-state index contributed by atoms with van der Waals surface area (Å²) in [4.78, 5) is 28.0. The van der Waals surface area contributed by atoms with E-state index in [9.17, 15) is 9.59 Å². The third-order valence-electron chi connectivity index (χ3n) is 8.50. The molecule has 0 spiro atoms. The summed E-state index contributed by atoms with van der Waals surface area (Å²) < 4.78 is 11.8. The van der Waals surface area contributed by atoms with Crippen molar-refractivity contribution >= 4 is 11.9 Å². The Morgan fingerprint density at radius 1 is 0.917 bits per heavy atom. The predicted octanol–water partition coefficient (Wildman–Crippen LogP) is 7.48. The van der Waals surface area contributed by atoms with Crippen LogP contribution in [0.15, 0.2) is 12.2 Å². The molecule has 0 bridgehead atoms. The number of esters is 2. The molecule has 2 rings (SSSR count). The summed E-state index contributed by atoms with van der Waals surface area (Å²) in [5.41, 5.74) is -0.386. The maximum absolute atomic E-state index is 13.2. The van der Waals surface area contributed by atoms with Crippen LogP contribution in [0.4, 0.5) is 0 Å². The van der Waals surface area contributed by atoms with E-state index in [0.29, 0.717) is 13.0 Å². The summed E-state index contributed by atoms with van der Waals surface area (Å²) >= 11 is 0. The fourth-order valence-corrected chi connectivity index (χ4v) is 5.74. The number of allylic oxidation sites excluding steroid dienone is 2. The molecule has 0 amide bonds. The van der Waals surface area contributed by atoms with Crippen molar-refractivity contribution in [2.24, 2.45) is 17.3 Å². The number of hydrogen-bond donors (Lipinski definition) is 0. The molecule has 1 aliphatic carbocycles. The van der Waals surface area contributed by atoms with Gasteiger partial charge in [0.1, 0.15) is 6.10 Å². The molecule has 0 aromatic carbocycles. The lowest BCUT2D eigenvalue weighted by Crippen LogP contribution is -2.43. The van der Waals surface area contributed by atoms with E-state index in [0.717, 1.165) is 64.5 Å². The van der Waals surface area contributed by atoms with Crippen LogP contribution in [0.2, 0.25) is 0 Å². The molecule has 208 valence electrons. The van der Waals surface area contributed by atoms with Crippen molar-refractivity contribution in [1.29, 1.82) is 0 Å². The highest BCUT2D eigenvalue weighted by Crippen LogP contribution is 2.41. The highest BCUT2D eigenvalue weighted by atomic mass is 16.5. The number of hydrogen-bond acceptors (Lipinski definition) is 5. The van der Waals surface area contributed by atoms with Gasteiger partial charge < -0.3 is 14.4 Å². The molecule has 1 aliphatic heterocycles. The molecule has 1 saturated heterocycles. The zero-order chi connectivity index (χ0) is 26.2. The average Bonchev–Trinajstić information content (AvgIpc) is 3.23. The first-order valence-corrected chi connectivity index (χ1v) is 15.1. The van der Waals surface area contributed by atoms with Crippen LogP contribution < -0.4 is 0 Å². The van der Waals surface area contributed by atoms with Crippen molar-refractivity contribution in [3.05, 3.63) is 12.2 Å². The Bertz CT molecular complexity index is 653. The molecule has 0 aromatic heterocycles.